The number of esters is 3. The highest BCUT2D eigenvalue weighted by Crippen LogP contribution is 2.68. The second kappa shape index (κ2) is 43.7. The van der Waals surface area contributed by atoms with Crippen LogP contribution in [-0.2, 0) is 57.0 Å². The maximum atomic E-state index is 14.0. The summed E-state index contributed by atoms with van der Waals surface area (Å²) in [6, 6.07) is 0. The van der Waals surface area contributed by atoms with Gasteiger partial charge in [0.1, 0.15) is 38.2 Å². The van der Waals surface area contributed by atoms with E-state index >= 15 is 0 Å². The molecule has 0 heterocycles. The van der Waals surface area contributed by atoms with E-state index < -0.39 is 298 Å². The zero-order valence-corrected chi connectivity index (χ0v) is 79.1. The molecule has 15 nitrogen and oxygen atoms in total. The van der Waals surface area contributed by atoms with Crippen LogP contribution < -0.4 is 0 Å². The number of carbonyl (C=O) groups excluding carboxylic acids is 3. The Labute approximate surface area is 799 Å². The zero-order chi connectivity index (χ0) is 113. The summed E-state index contributed by atoms with van der Waals surface area (Å²) in [6.07, 6.45) is -107. The summed E-state index contributed by atoms with van der Waals surface area (Å²) in [5.41, 5.74) is -41.9. The molecule has 10 aliphatic carbocycles. The average Bonchev–Trinajstić information content (AvgIpc) is 1.69. The van der Waals surface area contributed by atoms with E-state index in [0.717, 1.165) is 60.7 Å². The standard InChI is InChI=1S/C20H23F15O5.C18H19F15O4.C17H25F3O2.2C15H22F6O2/c1-4-13(2,16(21,22)23)12(36)40-11-6-9(14(37,17(24,25)26)18(27,28)29)5-10(7-11)15(19(30,31)32,20(33,34)35)39-8-38-3;1-3-11(2,14(19,20)21)10(34)37-9-5-7(12(35,15(22,23)24)16(25,26)27)4-8(6-9)13(36,17(28,29)30)18(31,32)33;1-4-15(2,17(18,19)20)14(21)22-16(3)12-6-10-5-11(8-12)9-13(16)7-10;2*1-8-9(2)12-5-10(8)4-11(12)6-13(14(16,17)18,15(19,20)21)23-7-22-3/h9-11,37H,4-8H2,1-3H3;7-9,35-36H,3-6H2,1-2H3;10-13H,4-9H2,1-3H3;2*8-12H,4-7H2,1-3H3. The van der Waals surface area contributed by atoms with Gasteiger partial charge < -0.3 is 58.0 Å². The van der Waals surface area contributed by atoms with Crippen LogP contribution in [-0.4, -0.2) is 219 Å². The van der Waals surface area contributed by atoms with Crippen LogP contribution >= 0.6 is 0 Å². The lowest BCUT2D eigenvalue weighted by Crippen LogP contribution is -2.68. The minimum absolute atomic E-state index is 0.106. The second-order valence-electron chi connectivity index (χ2n) is 40.2. The fourth-order valence-electron chi connectivity index (χ4n) is 22.5. The van der Waals surface area contributed by atoms with Gasteiger partial charge in [0.15, 0.2) is 16.2 Å². The van der Waals surface area contributed by atoms with Gasteiger partial charge in [0.25, 0.3) is 33.6 Å². The van der Waals surface area contributed by atoms with Crippen LogP contribution in [0, 0.1) is 123 Å². The fraction of sp³-hybridized carbons (Fsp3) is 0.965. The van der Waals surface area contributed by atoms with Gasteiger partial charge in [0, 0.05) is 45.0 Å². The number of methoxy groups -OCH3 is 3. The molecule has 8 bridgehead atoms. The predicted octanol–water partition coefficient (Wildman–Crippen LogP) is 26.9. The van der Waals surface area contributed by atoms with E-state index in [1.165, 1.54) is 13.3 Å². The third kappa shape index (κ3) is 25.0. The Morgan fingerprint density at radius 1 is 0.290 bits per heavy atom. The molecule has 0 saturated heterocycles. The van der Waals surface area contributed by atoms with Gasteiger partial charge in [0.05, 0.1) is 0 Å². The number of aliphatic hydroxyl groups is 3. The van der Waals surface area contributed by atoms with Gasteiger partial charge in [-0.05, 0) is 239 Å². The topological polar surface area (TPSA) is 195 Å². The van der Waals surface area contributed by atoms with E-state index in [1.54, 1.807) is 0 Å². The van der Waals surface area contributed by atoms with Crippen molar-refractivity contribution in [2.45, 2.75) is 349 Å². The van der Waals surface area contributed by atoms with Crippen molar-refractivity contribution in [1.82, 2.24) is 0 Å². The third-order valence-electron chi connectivity index (χ3n) is 32.3. The molecule has 145 heavy (non-hydrogen) atoms. The molecule has 0 spiro atoms. The Morgan fingerprint density at radius 3 is 0.745 bits per heavy atom. The Morgan fingerprint density at radius 2 is 0.531 bits per heavy atom. The number of rotatable bonds is 26. The number of hydrogen-bond acceptors (Lipinski definition) is 15. The number of halogens is 45. The molecule has 0 aromatic carbocycles. The summed E-state index contributed by atoms with van der Waals surface area (Å²) in [6.45, 7) is 10.0. The SMILES string of the molecule is CCC(C)(C(=O)OC1(C)C2CC3CC(C2)CC1C3)C(F)(F)F.CCC(C)(C(=O)OC1CC(C(O)(C(F)(F)F)C(F)(F)F)CC(C(O)(C(F)(F)F)C(F)(F)F)C1)C(F)(F)F.CCC(C)(C(=O)OC1CC(C(O)(C(F)(F)F)C(F)(F)F)CC(C(OCOC)(C(F)(F)F)C(F)(F)F)C1)C(F)(F)F.COCOC(CC1CC2CC1C(C)C2C)(C(F)(F)F)C(F)(F)F.COCOC(CC1CC2CC1C(C)C2C)(C(F)(F)F)C(F)(F)F. The van der Waals surface area contributed by atoms with Crippen molar-refractivity contribution in [3.05, 3.63) is 0 Å². The van der Waals surface area contributed by atoms with Crippen molar-refractivity contribution < 1.29 is 270 Å². The van der Waals surface area contributed by atoms with Crippen LogP contribution in [0.15, 0.2) is 0 Å². The lowest BCUT2D eigenvalue weighted by molar-refractivity contribution is -0.420. The molecule has 856 valence electrons. The molecule has 0 aromatic heterocycles. The molecule has 10 aliphatic rings. The Bertz CT molecular complexity index is 3950. The molecule has 18 unspecified atom stereocenters. The first-order valence-corrected chi connectivity index (χ1v) is 44.8. The monoisotopic (exact) mass is 2230 g/mol. The van der Waals surface area contributed by atoms with Crippen molar-refractivity contribution in [2.75, 3.05) is 41.7 Å². The summed E-state index contributed by atoms with van der Waals surface area (Å²) in [7, 11) is 2.53. The summed E-state index contributed by atoms with van der Waals surface area (Å²) >= 11 is 0. The first-order chi connectivity index (χ1) is 64.6. The van der Waals surface area contributed by atoms with Crippen molar-refractivity contribution in [1.29, 1.82) is 0 Å². The van der Waals surface area contributed by atoms with Crippen LogP contribution in [0.3, 0.4) is 0 Å². The lowest BCUT2D eigenvalue weighted by Gasteiger charge is -2.59. The summed E-state index contributed by atoms with van der Waals surface area (Å²) in [5, 5.41) is 28.9. The van der Waals surface area contributed by atoms with Gasteiger partial charge in [-0.3, -0.25) is 14.4 Å². The maximum absolute atomic E-state index is 14.0. The third-order valence-corrected chi connectivity index (χ3v) is 32.3. The Kier molecular flexibility index (Phi) is 39.3. The smallest absolute Gasteiger partial charge is 0.426 e. The van der Waals surface area contributed by atoms with Crippen LogP contribution in [0.4, 0.5) is 198 Å². The molecular formula is C85H111F45O15. The quantitative estimate of drug-likeness (QED) is 0.0320. The molecular weight excluding hydrogens is 2120 g/mol. The van der Waals surface area contributed by atoms with Crippen molar-refractivity contribution in [3.8, 4) is 0 Å². The Hall–Kier alpha value is -5.10. The zero-order valence-electron chi connectivity index (χ0n) is 79.1. The predicted molar refractivity (Wildman–Crippen MR) is 406 cm³/mol. The molecule has 60 heteroatoms. The number of hydrogen-bond donors (Lipinski definition) is 3. The molecule has 0 aromatic rings. The average molecular weight is 2230 g/mol. The van der Waals surface area contributed by atoms with Crippen LogP contribution in [0.2, 0.25) is 0 Å². The van der Waals surface area contributed by atoms with Gasteiger partial charge in [-0.2, -0.15) is 198 Å². The van der Waals surface area contributed by atoms with Gasteiger partial charge in [-0.25, -0.2) is 0 Å². The molecule has 10 fully saturated rings. The van der Waals surface area contributed by atoms with Crippen LogP contribution in [0.25, 0.3) is 0 Å². The van der Waals surface area contributed by atoms with Gasteiger partial charge in [-0.1, -0.05) is 48.5 Å². The van der Waals surface area contributed by atoms with E-state index in [2.05, 4.69) is 37.9 Å². The lowest BCUT2D eigenvalue weighted by atomic mass is 9.50. The molecule has 0 aliphatic heterocycles. The first-order valence-electron chi connectivity index (χ1n) is 44.8. The summed E-state index contributed by atoms with van der Waals surface area (Å²) < 4.78 is 645. The minimum Gasteiger partial charge on any atom is -0.462 e. The molecule has 18 atom stereocenters. The van der Waals surface area contributed by atoms with Gasteiger partial charge in [0.2, 0.25) is 0 Å². The first kappa shape index (κ1) is 130. The van der Waals surface area contributed by atoms with Crippen molar-refractivity contribution in [3.63, 3.8) is 0 Å². The van der Waals surface area contributed by atoms with E-state index in [9.17, 15) is 227 Å². The maximum Gasteiger partial charge on any atom is 0.426 e. The molecule has 10 rings (SSSR count). The van der Waals surface area contributed by atoms with Crippen molar-refractivity contribution in [2.24, 2.45) is 123 Å². The summed E-state index contributed by atoms with van der Waals surface area (Å²) in [4.78, 5) is 36.9. The van der Waals surface area contributed by atoms with E-state index in [0.29, 0.717) is 56.5 Å². The summed E-state index contributed by atoms with van der Waals surface area (Å²) in [5.74, 6) is -18.6. The Balaban J connectivity index is 0.000000326. The normalized spacial score (nSPS) is 30.7. The number of alkyl halides is 45. The van der Waals surface area contributed by atoms with E-state index in [1.807, 2.05) is 34.6 Å². The van der Waals surface area contributed by atoms with Gasteiger partial charge >= 0.3 is 111 Å². The highest BCUT2D eigenvalue weighted by atomic mass is 19.5. The van der Waals surface area contributed by atoms with E-state index in [-0.39, 0.29) is 67.6 Å². The van der Waals surface area contributed by atoms with Gasteiger partial charge in [-0.15, -0.1) is 0 Å². The highest BCUT2D eigenvalue weighted by molar-refractivity contribution is 5.79. The van der Waals surface area contributed by atoms with Crippen molar-refractivity contribution >= 4 is 17.9 Å². The minimum atomic E-state index is -6.77. The van der Waals surface area contributed by atoms with E-state index in [4.69, 9.17) is 4.74 Å². The number of ether oxygens (including phenoxy) is 9. The fourth-order valence-corrected chi connectivity index (χ4v) is 22.5. The molecule has 0 amide bonds. The number of fused-ring (bicyclic) bond motifs is 4. The van der Waals surface area contributed by atoms with Crippen LogP contribution in [0.5, 0.6) is 0 Å². The molecule has 3 N–H and O–H groups in total. The molecule has 0 radical (unpaired) electrons. The molecule has 10 saturated carbocycles. The second-order valence-corrected chi connectivity index (χ2v) is 40.2. The largest absolute Gasteiger partial charge is 0.462 e. The number of carbonyl (C=O) groups is 3. The van der Waals surface area contributed by atoms with Crippen LogP contribution in [0.1, 0.15) is 205 Å². The highest BCUT2D eigenvalue weighted by Gasteiger charge is 2.84.